The normalized spacial score (nSPS) is 20.6. The van der Waals surface area contributed by atoms with Gasteiger partial charge in [-0.15, -0.1) is 0 Å². The van der Waals surface area contributed by atoms with Crippen LogP contribution in [0, 0.1) is 5.41 Å². The van der Waals surface area contributed by atoms with E-state index in [-0.39, 0.29) is 12.6 Å². The van der Waals surface area contributed by atoms with Crippen LogP contribution < -0.4 is 0 Å². The molecule has 0 spiro atoms. The number of carbonyl (C=O) groups is 1. The fraction of sp³-hybridized carbons (Fsp3) is 0.727. The van der Waals surface area contributed by atoms with Crippen molar-refractivity contribution in [3.63, 3.8) is 0 Å². The van der Waals surface area contributed by atoms with Gasteiger partial charge in [0, 0.05) is 0 Å². The predicted molar refractivity (Wildman–Crippen MR) is 53.8 cm³/mol. The Kier molecular flexibility index (Phi) is 3.69. The Morgan fingerprint density at radius 3 is 2.57 bits per heavy atom. The predicted octanol–water partition coefficient (Wildman–Crippen LogP) is 1.66. The van der Waals surface area contributed by atoms with Crippen molar-refractivity contribution >= 4 is 5.97 Å². The summed E-state index contributed by atoms with van der Waals surface area (Å²) >= 11 is 0. The first-order valence-corrected chi connectivity index (χ1v) is 5.09. The highest BCUT2D eigenvalue weighted by Gasteiger charge is 2.40. The van der Waals surface area contributed by atoms with Crippen molar-refractivity contribution in [2.45, 2.75) is 32.6 Å². The van der Waals surface area contributed by atoms with Gasteiger partial charge in [0.2, 0.25) is 0 Å². The molecule has 0 heterocycles. The number of hydrogen-bond donors (Lipinski definition) is 1. The maximum Gasteiger partial charge on any atom is 0.314 e. The van der Waals surface area contributed by atoms with Crippen molar-refractivity contribution in [1.29, 1.82) is 0 Å². The molecule has 0 unspecified atom stereocenters. The molecule has 0 amide bonds. The third-order valence-corrected chi connectivity index (χ3v) is 2.93. The van der Waals surface area contributed by atoms with Gasteiger partial charge in [-0.05, 0) is 32.6 Å². The molecule has 1 N–H and O–H groups in total. The van der Waals surface area contributed by atoms with Gasteiger partial charge in [-0.1, -0.05) is 12.2 Å². The van der Waals surface area contributed by atoms with Crippen molar-refractivity contribution < 1.29 is 14.6 Å². The van der Waals surface area contributed by atoms with Crippen LogP contribution in [-0.2, 0) is 9.53 Å². The summed E-state index contributed by atoms with van der Waals surface area (Å²) < 4.78 is 4.98. The summed E-state index contributed by atoms with van der Waals surface area (Å²) in [6.45, 7) is 5.93. The molecule has 0 bridgehead atoms. The standard InChI is InChI=1S/C11H18O3/c1-3-14-10(13)11(8-12)6-4-9(2)5-7-11/h12H,2-8H2,1H3. The Labute approximate surface area is 84.8 Å². The molecule has 80 valence electrons. The van der Waals surface area contributed by atoms with E-state index in [0.29, 0.717) is 19.4 Å². The summed E-state index contributed by atoms with van der Waals surface area (Å²) in [5.41, 5.74) is 0.510. The van der Waals surface area contributed by atoms with Crippen molar-refractivity contribution in [2.24, 2.45) is 5.41 Å². The van der Waals surface area contributed by atoms with E-state index in [2.05, 4.69) is 6.58 Å². The summed E-state index contributed by atoms with van der Waals surface area (Å²) in [7, 11) is 0. The molecule has 3 heteroatoms. The largest absolute Gasteiger partial charge is 0.465 e. The van der Waals surface area contributed by atoms with E-state index >= 15 is 0 Å². The molecule has 14 heavy (non-hydrogen) atoms. The molecule has 1 aliphatic rings. The average molecular weight is 198 g/mol. The van der Waals surface area contributed by atoms with Crippen LogP contribution in [-0.4, -0.2) is 24.3 Å². The van der Waals surface area contributed by atoms with Gasteiger partial charge in [-0.2, -0.15) is 0 Å². The maximum absolute atomic E-state index is 11.6. The number of allylic oxidation sites excluding steroid dienone is 1. The maximum atomic E-state index is 11.6. The van der Waals surface area contributed by atoms with Crippen molar-refractivity contribution in [2.75, 3.05) is 13.2 Å². The first kappa shape index (κ1) is 11.2. The third kappa shape index (κ3) is 2.15. The molecular formula is C11H18O3. The van der Waals surface area contributed by atoms with E-state index in [1.54, 1.807) is 6.92 Å². The Morgan fingerprint density at radius 2 is 2.14 bits per heavy atom. The zero-order valence-electron chi connectivity index (χ0n) is 8.71. The lowest BCUT2D eigenvalue weighted by Crippen LogP contribution is -2.38. The number of carbonyl (C=O) groups excluding carboxylic acids is 1. The zero-order valence-corrected chi connectivity index (χ0v) is 8.71. The van der Waals surface area contributed by atoms with Gasteiger partial charge in [-0.3, -0.25) is 4.79 Å². The number of esters is 1. The van der Waals surface area contributed by atoms with E-state index in [1.165, 1.54) is 5.57 Å². The van der Waals surface area contributed by atoms with Gasteiger partial charge < -0.3 is 9.84 Å². The van der Waals surface area contributed by atoms with Crippen molar-refractivity contribution in [3.8, 4) is 0 Å². The van der Waals surface area contributed by atoms with Gasteiger partial charge >= 0.3 is 5.97 Å². The van der Waals surface area contributed by atoms with Gasteiger partial charge in [0.25, 0.3) is 0 Å². The summed E-state index contributed by atoms with van der Waals surface area (Å²) in [4.78, 5) is 11.6. The minimum atomic E-state index is -0.656. The summed E-state index contributed by atoms with van der Waals surface area (Å²) in [5.74, 6) is -0.255. The second-order valence-corrected chi connectivity index (χ2v) is 3.91. The molecule has 3 nitrogen and oxygen atoms in total. The summed E-state index contributed by atoms with van der Waals surface area (Å²) in [6, 6.07) is 0. The summed E-state index contributed by atoms with van der Waals surface area (Å²) in [5, 5.41) is 9.29. The van der Waals surface area contributed by atoms with Crippen LogP contribution in [0.4, 0.5) is 0 Å². The Bertz CT molecular complexity index is 223. The molecule has 0 aromatic rings. The number of hydrogen-bond acceptors (Lipinski definition) is 3. The van der Waals surface area contributed by atoms with Crippen molar-refractivity contribution in [3.05, 3.63) is 12.2 Å². The molecule has 1 rings (SSSR count). The lowest BCUT2D eigenvalue weighted by atomic mass is 9.73. The number of rotatable bonds is 3. The molecule has 0 saturated heterocycles. The number of aliphatic hydroxyl groups excluding tert-OH is 1. The molecule has 1 aliphatic carbocycles. The van der Waals surface area contributed by atoms with Crippen LogP contribution >= 0.6 is 0 Å². The molecule has 0 aliphatic heterocycles. The van der Waals surface area contributed by atoms with Crippen molar-refractivity contribution in [1.82, 2.24) is 0 Å². The van der Waals surface area contributed by atoms with Gasteiger partial charge in [0.1, 0.15) is 0 Å². The van der Waals surface area contributed by atoms with Crippen LogP contribution in [0.5, 0.6) is 0 Å². The fourth-order valence-corrected chi connectivity index (χ4v) is 1.79. The average Bonchev–Trinajstić information content (AvgIpc) is 2.20. The van der Waals surface area contributed by atoms with Crippen LogP contribution in [0.1, 0.15) is 32.6 Å². The van der Waals surface area contributed by atoms with Crippen LogP contribution in [0.25, 0.3) is 0 Å². The second-order valence-electron chi connectivity index (χ2n) is 3.91. The SMILES string of the molecule is C=C1CCC(CO)(C(=O)OCC)CC1. The third-order valence-electron chi connectivity index (χ3n) is 2.93. The van der Waals surface area contributed by atoms with E-state index in [4.69, 9.17) is 4.74 Å². The molecule has 0 atom stereocenters. The van der Waals surface area contributed by atoms with E-state index in [1.807, 2.05) is 0 Å². The van der Waals surface area contributed by atoms with Crippen LogP contribution in [0.15, 0.2) is 12.2 Å². The van der Waals surface area contributed by atoms with Gasteiger partial charge in [-0.25, -0.2) is 0 Å². The molecule has 0 aromatic heterocycles. The quantitative estimate of drug-likeness (QED) is 0.554. The lowest BCUT2D eigenvalue weighted by Gasteiger charge is -2.33. The van der Waals surface area contributed by atoms with Gasteiger partial charge in [0.15, 0.2) is 0 Å². The highest BCUT2D eigenvalue weighted by Crippen LogP contribution is 2.38. The smallest absolute Gasteiger partial charge is 0.314 e. The minimum absolute atomic E-state index is 0.112. The molecule has 1 saturated carbocycles. The second kappa shape index (κ2) is 4.60. The zero-order chi connectivity index (χ0) is 10.6. The Hall–Kier alpha value is -0.830. The minimum Gasteiger partial charge on any atom is -0.465 e. The fourth-order valence-electron chi connectivity index (χ4n) is 1.79. The molecule has 1 fully saturated rings. The Morgan fingerprint density at radius 1 is 1.57 bits per heavy atom. The molecular weight excluding hydrogens is 180 g/mol. The number of aliphatic hydroxyl groups is 1. The first-order valence-electron chi connectivity index (χ1n) is 5.09. The lowest BCUT2D eigenvalue weighted by molar-refractivity contribution is -0.159. The molecule has 0 radical (unpaired) electrons. The monoisotopic (exact) mass is 198 g/mol. The van der Waals surface area contributed by atoms with E-state index in [9.17, 15) is 9.90 Å². The van der Waals surface area contributed by atoms with E-state index < -0.39 is 5.41 Å². The van der Waals surface area contributed by atoms with E-state index in [0.717, 1.165) is 12.8 Å². The summed E-state index contributed by atoms with van der Waals surface area (Å²) in [6.07, 6.45) is 2.97. The molecule has 0 aromatic carbocycles. The Balaban J connectivity index is 2.66. The highest BCUT2D eigenvalue weighted by atomic mass is 16.5. The first-order chi connectivity index (χ1) is 6.64. The van der Waals surface area contributed by atoms with Crippen LogP contribution in [0.2, 0.25) is 0 Å². The van der Waals surface area contributed by atoms with Gasteiger partial charge in [0.05, 0.1) is 18.6 Å². The van der Waals surface area contributed by atoms with Crippen LogP contribution in [0.3, 0.4) is 0 Å². The topological polar surface area (TPSA) is 46.5 Å². The number of ether oxygens (including phenoxy) is 1. The highest BCUT2D eigenvalue weighted by molar-refractivity contribution is 5.77.